The molecule has 0 aromatic heterocycles. The molecule has 8 nitrogen and oxygen atoms in total. The van der Waals surface area contributed by atoms with Gasteiger partial charge in [-0.05, 0) is 12.3 Å². The van der Waals surface area contributed by atoms with E-state index in [0.717, 1.165) is 13.5 Å². The number of aliphatic carboxylic acids is 1. The van der Waals surface area contributed by atoms with Crippen LogP contribution in [0.15, 0.2) is 0 Å². The third-order valence-corrected chi connectivity index (χ3v) is 3.67. The van der Waals surface area contributed by atoms with Gasteiger partial charge in [0.2, 0.25) is 0 Å². The Morgan fingerprint density at radius 3 is 2.57 bits per heavy atom. The summed E-state index contributed by atoms with van der Waals surface area (Å²) in [5.41, 5.74) is 0. The van der Waals surface area contributed by atoms with E-state index in [1.54, 1.807) is 7.11 Å². The smallest absolute Gasteiger partial charge is 0.326 e. The van der Waals surface area contributed by atoms with Crippen molar-refractivity contribution in [1.29, 1.82) is 0 Å². The predicted molar refractivity (Wildman–Crippen MR) is 72.7 cm³/mol. The van der Waals surface area contributed by atoms with Crippen molar-refractivity contribution in [3.05, 3.63) is 0 Å². The number of carboxylic acids is 1. The average Bonchev–Trinajstić information content (AvgIpc) is 2.46. The fourth-order valence-electron chi connectivity index (χ4n) is 2.22. The van der Waals surface area contributed by atoms with Gasteiger partial charge in [0.25, 0.3) is 0 Å². The van der Waals surface area contributed by atoms with Crippen LogP contribution in [0.4, 0.5) is 4.79 Å². The van der Waals surface area contributed by atoms with E-state index in [4.69, 9.17) is 9.84 Å². The highest BCUT2D eigenvalue weighted by molar-refractivity contribution is 5.86. The largest absolute Gasteiger partial charge is 0.480 e. The first-order chi connectivity index (χ1) is 9.88. The van der Waals surface area contributed by atoms with Gasteiger partial charge in [0.05, 0.1) is 19.6 Å². The molecular formula is C13H22N2O6. The Morgan fingerprint density at radius 2 is 2.05 bits per heavy atom. The molecule has 1 aliphatic heterocycles. The monoisotopic (exact) mass is 302 g/mol. The summed E-state index contributed by atoms with van der Waals surface area (Å²) < 4.78 is 9.73. The molecule has 8 heteroatoms. The summed E-state index contributed by atoms with van der Waals surface area (Å²) in [6.07, 6.45) is 0.296. The summed E-state index contributed by atoms with van der Waals surface area (Å²) in [6, 6.07) is -1.81. The van der Waals surface area contributed by atoms with Crippen molar-refractivity contribution in [2.75, 3.05) is 27.3 Å². The van der Waals surface area contributed by atoms with Crippen molar-refractivity contribution in [3.63, 3.8) is 0 Å². The summed E-state index contributed by atoms with van der Waals surface area (Å²) in [6.45, 7) is 2.96. The van der Waals surface area contributed by atoms with Crippen LogP contribution >= 0.6 is 0 Å². The van der Waals surface area contributed by atoms with Crippen molar-refractivity contribution in [1.82, 2.24) is 10.2 Å². The number of nitrogens with zero attached hydrogens (tertiary/aromatic N) is 1. The van der Waals surface area contributed by atoms with Crippen molar-refractivity contribution < 1.29 is 29.0 Å². The molecule has 2 N–H and O–H groups in total. The van der Waals surface area contributed by atoms with Gasteiger partial charge >= 0.3 is 18.0 Å². The van der Waals surface area contributed by atoms with Crippen molar-refractivity contribution in [3.8, 4) is 0 Å². The Morgan fingerprint density at radius 1 is 1.38 bits per heavy atom. The van der Waals surface area contributed by atoms with Gasteiger partial charge in [0.15, 0.2) is 0 Å². The lowest BCUT2D eigenvalue weighted by Gasteiger charge is -2.36. The molecule has 2 unspecified atom stereocenters. The first-order valence-electron chi connectivity index (χ1n) is 6.76. The number of carbonyl (C=O) groups excluding carboxylic acids is 2. The molecule has 0 bridgehead atoms. The third kappa shape index (κ3) is 4.89. The topological polar surface area (TPSA) is 105 Å². The molecule has 1 fully saturated rings. The van der Waals surface area contributed by atoms with Crippen molar-refractivity contribution >= 4 is 18.0 Å². The standard InChI is InChI=1S/C13H22N2O6/c1-8-4-5-15(7-10(8)20-2)13(19)14-9(12(17)18)6-11(16)21-3/h8-10H,4-7H2,1-3H3,(H,14,19)(H,17,18)/t8?,9-,10?/m0/s1. The first-order valence-corrected chi connectivity index (χ1v) is 6.76. The summed E-state index contributed by atoms with van der Waals surface area (Å²) in [7, 11) is 2.75. The summed E-state index contributed by atoms with van der Waals surface area (Å²) >= 11 is 0. The quantitative estimate of drug-likeness (QED) is 0.696. The second-order valence-corrected chi connectivity index (χ2v) is 5.11. The number of hydrogen-bond acceptors (Lipinski definition) is 5. The number of likely N-dealkylation sites (tertiary alicyclic amines) is 1. The minimum atomic E-state index is -1.30. The van der Waals surface area contributed by atoms with E-state index in [9.17, 15) is 14.4 Å². The van der Waals surface area contributed by atoms with Gasteiger partial charge in [-0.1, -0.05) is 6.92 Å². The average molecular weight is 302 g/mol. The van der Waals surface area contributed by atoms with E-state index in [0.29, 0.717) is 19.0 Å². The molecule has 1 aliphatic rings. The molecule has 3 atom stereocenters. The zero-order valence-electron chi connectivity index (χ0n) is 12.5. The molecule has 0 saturated carbocycles. The molecular weight excluding hydrogens is 280 g/mol. The lowest BCUT2D eigenvalue weighted by atomic mass is 9.96. The minimum absolute atomic E-state index is 0.0756. The number of amides is 2. The highest BCUT2D eigenvalue weighted by Crippen LogP contribution is 2.19. The van der Waals surface area contributed by atoms with Crippen LogP contribution < -0.4 is 5.32 Å². The molecule has 1 saturated heterocycles. The van der Waals surface area contributed by atoms with Crippen LogP contribution in [0.5, 0.6) is 0 Å². The summed E-state index contributed by atoms with van der Waals surface area (Å²) in [4.78, 5) is 35.8. The molecule has 1 rings (SSSR count). The van der Waals surface area contributed by atoms with E-state index in [1.165, 1.54) is 4.90 Å². The lowest BCUT2D eigenvalue weighted by molar-refractivity contribution is -0.147. The zero-order valence-corrected chi connectivity index (χ0v) is 12.5. The number of carboxylic acid groups (broad SMARTS) is 1. The van der Waals surface area contributed by atoms with Crippen molar-refractivity contribution in [2.24, 2.45) is 5.92 Å². The SMILES string of the molecule is COC(=O)C[C@H](NC(=O)N1CCC(C)C(OC)C1)C(=O)O. The minimum Gasteiger partial charge on any atom is -0.480 e. The second-order valence-electron chi connectivity index (χ2n) is 5.11. The molecule has 0 aromatic rings. The van der Waals surface area contributed by atoms with Gasteiger partial charge in [-0.15, -0.1) is 0 Å². The number of nitrogens with one attached hydrogen (secondary N) is 1. The van der Waals surface area contributed by atoms with E-state index >= 15 is 0 Å². The van der Waals surface area contributed by atoms with Gasteiger partial charge in [0.1, 0.15) is 6.04 Å². The normalized spacial score (nSPS) is 23.3. The van der Waals surface area contributed by atoms with Gasteiger partial charge in [0, 0.05) is 20.2 Å². The Balaban J connectivity index is 2.61. The number of urea groups is 1. The Labute approximate surface area is 123 Å². The van der Waals surface area contributed by atoms with Gasteiger partial charge < -0.3 is 24.8 Å². The van der Waals surface area contributed by atoms with Gasteiger partial charge in [-0.25, -0.2) is 9.59 Å². The predicted octanol–water partition coefficient (Wildman–Crippen LogP) is 0.0691. The van der Waals surface area contributed by atoms with Crippen LogP contribution in [0.2, 0.25) is 0 Å². The van der Waals surface area contributed by atoms with E-state index in [1.807, 2.05) is 6.92 Å². The van der Waals surface area contributed by atoms with Crippen LogP contribution in [0.25, 0.3) is 0 Å². The molecule has 0 spiro atoms. The number of esters is 1. The molecule has 120 valence electrons. The number of hydrogen-bond donors (Lipinski definition) is 2. The van der Waals surface area contributed by atoms with E-state index in [2.05, 4.69) is 10.1 Å². The first kappa shape index (κ1) is 17.2. The number of carbonyl (C=O) groups is 3. The van der Waals surface area contributed by atoms with E-state index in [-0.39, 0.29) is 6.10 Å². The summed E-state index contributed by atoms with van der Waals surface area (Å²) in [5, 5.41) is 11.4. The highest BCUT2D eigenvalue weighted by Gasteiger charge is 2.31. The van der Waals surface area contributed by atoms with Crippen LogP contribution in [-0.4, -0.2) is 67.4 Å². The highest BCUT2D eigenvalue weighted by atomic mass is 16.5. The van der Waals surface area contributed by atoms with Crippen LogP contribution in [-0.2, 0) is 19.1 Å². The lowest BCUT2D eigenvalue weighted by Crippen LogP contribution is -2.54. The van der Waals surface area contributed by atoms with Crippen LogP contribution in [0, 0.1) is 5.92 Å². The van der Waals surface area contributed by atoms with Crippen LogP contribution in [0.1, 0.15) is 19.8 Å². The van der Waals surface area contributed by atoms with Crippen molar-refractivity contribution in [2.45, 2.75) is 31.9 Å². The maximum absolute atomic E-state index is 12.1. The fourth-order valence-corrected chi connectivity index (χ4v) is 2.22. The molecule has 0 radical (unpaired) electrons. The third-order valence-electron chi connectivity index (χ3n) is 3.67. The second kappa shape index (κ2) is 7.82. The Hall–Kier alpha value is -1.83. The molecule has 0 aliphatic carbocycles. The molecule has 1 heterocycles. The zero-order chi connectivity index (χ0) is 16.0. The van der Waals surface area contributed by atoms with Gasteiger partial charge in [-0.2, -0.15) is 0 Å². The van der Waals surface area contributed by atoms with E-state index < -0.39 is 30.4 Å². The molecule has 0 aromatic carbocycles. The fraction of sp³-hybridized carbons (Fsp3) is 0.769. The Kier molecular flexibility index (Phi) is 6.41. The van der Waals surface area contributed by atoms with Crippen LogP contribution in [0.3, 0.4) is 0 Å². The molecule has 2 amide bonds. The molecule has 21 heavy (non-hydrogen) atoms. The number of piperidine rings is 1. The maximum Gasteiger partial charge on any atom is 0.326 e. The van der Waals surface area contributed by atoms with Gasteiger partial charge in [-0.3, -0.25) is 4.79 Å². The summed E-state index contributed by atoms with van der Waals surface area (Å²) in [5.74, 6) is -1.63. The number of methoxy groups -OCH3 is 2. The Bertz CT molecular complexity index is 400. The maximum atomic E-state index is 12.1. The number of rotatable bonds is 5. The number of ether oxygens (including phenoxy) is 2.